The van der Waals surface area contributed by atoms with E-state index >= 15 is 0 Å². The Morgan fingerprint density at radius 1 is 0.917 bits per heavy atom. The summed E-state index contributed by atoms with van der Waals surface area (Å²) in [4.78, 5) is 11.1. The van der Waals surface area contributed by atoms with Crippen molar-refractivity contribution in [1.82, 2.24) is 0 Å². The quantitative estimate of drug-likeness (QED) is 0.312. The van der Waals surface area contributed by atoms with E-state index in [9.17, 15) is 4.79 Å². The summed E-state index contributed by atoms with van der Waals surface area (Å²) in [5.41, 5.74) is 0. The summed E-state index contributed by atoms with van der Waals surface area (Å²) in [5, 5.41) is 9.55. The molecule has 1 N–H and O–H groups in total. The van der Waals surface area contributed by atoms with Crippen molar-refractivity contribution in [1.29, 1.82) is 0 Å². The van der Waals surface area contributed by atoms with Crippen LogP contribution in [0, 0.1) is 0 Å². The molecule has 1 aromatic heterocycles. The Bertz CT molecular complexity index is 420. The van der Waals surface area contributed by atoms with Gasteiger partial charge in [0.25, 0.3) is 0 Å². The van der Waals surface area contributed by atoms with E-state index in [2.05, 4.69) is 6.92 Å². The molecular formula is C19H33NaO3S. The molecule has 1 heterocycles. The Kier molecular flexibility index (Phi) is 16.4. The Morgan fingerprint density at radius 2 is 1.42 bits per heavy atom. The molecule has 0 aliphatic heterocycles. The van der Waals surface area contributed by atoms with Gasteiger partial charge < -0.3 is 9.84 Å². The average Bonchev–Trinajstić information content (AvgIpc) is 3.01. The van der Waals surface area contributed by atoms with Crippen LogP contribution in [0.4, 0.5) is 0 Å². The van der Waals surface area contributed by atoms with Gasteiger partial charge in [0.05, 0.1) is 6.61 Å². The molecule has 1 aromatic rings. The molecule has 0 saturated heterocycles. The monoisotopic (exact) mass is 364 g/mol. The summed E-state index contributed by atoms with van der Waals surface area (Å²) >= 11 is 1.20. The molecule has 0 saturated carbocycles. The zero-order valence-corrected chi connectivity index (χ0v) is 15.3. The maximum absolute atomic E-state index is 10.8. The first-order chi connectivity index (χ1) is 11.2. The fourth-order valence-electron chi connectivity index (χ4n) is 2.63. The molecule has 134 valence electrons. The number of aromatic carboxylic acids is 1. The predicted octanol–water partition coefficient (Wildman–Crippen LogP) is 5.88. The zero-order chi connectivity index (χ0) is 16.8. The van der Waals surface area contributed by atoms with Gasteiger partial charge in [-0.05, 0) is 18.6 Å². The van der Waals surface area contributed by atoms with Crippen molar-refractivity contribution >= 4 is 46.9 Å². The van der Waals surface area contributed by atoms with Crippen LogP contribution in [-0.4, -0.2) is 47.2 Å². The minimum atomic E-state index is -0.879. The normalized spacial score (nSPS) is 10.4. The Labute approximate surface area is 173 Å². The van der Waals surface area contributed by atoms with Crippen molar-refractivity contribution in [2.75, 3.05) is 6.61 Å². The van der Waals surface area contributed by atoms with E-state index in [-0.39, 0.29) is 29.6 Å². The topological polar surface area (TPSA) is 46.5 Å². The van der Waals surface area contributed by atoms with Crippen LogP contribution in [0.2, 0.25) is 0 Å². The van der Waals surface area contributed by atoms with Gasteiger partial charge in [-0.2, -0.15) is 0 Å². The SMILES string of the molecule is CCCCCCCCCCCCCCOc1ccc(C(=O)O)s1.[NaH]. The van der Waals surface area contributed by atoms with E-state index in [1.54, 1.807) is 12.1 Å². The number of rotatable bonds is 15. The van der Waals surface area contributed by atoms with Crippen LogP contribution in [0.15, 0.2) is 12.1 Å². The van der Waals surface area contributed by atoms with E-state index in [0.717, 1.165) is 6.42 Å². The summed E-state index contributed by atoms with van der Waals surface area (Å²) in [6.07, 6.45) is 16.0. The predicted molar refractivity (Wildman–Crippen MR) is 105 cm³/mol. The van der Waals surface area contributed by atoms with Gasteiger partial charge in [0.2, 0.25) is 0 Å². The van der Waals surface area contributed by atoms with Gasteiger partial charge in [0.1, 0.15) is 4.88 Å². The van der Waals surface area contributed by atoms with Crippen molar-refractivity contribution in [2.24, 2.45) is 0 Å². The molecule has 0 unspecified atom stereocenters. The van der Waals surface area contributed by atoms with Crippen LogP contribution in [0.25, 0.3) is 0 Å². The van der Waals surface area contributed by atoms with E-state index in [1.807, 2.05) is 0 Å². The van der Waals surface area contributed by atoms with Gasteiger partial charge in [-0.25, -0.2) is 4.79 Å². The van der Waals surface area contributed by atoms with E-state index in [0.29, 0.717) is 16.5 Å². The summed E-state index contributed by atoms with van der Waals surface area (Å²) in [6.45, 7) is 2.95. The minimum absolute atomic E-state index is 0. The summed E-state index contributed by atoms with van der Waals surface area (Å²) in [7, 11) is 0. The number of ether oxygens (including phenoxy) is 1. The van der Waals surface area contributed by atoms with Gasteiger partial charge in [0, 0.05) is 0 Å². The van der Waals surface area contributed by atoms with Gasteiger partial charge in [0.15, 0.2) is 5.06 Å². The number of hydrogen-bond donors (Lipinski definition) is 1. The second-order valence-electron chi connectivity index (χ2n) is 6.16. The number of hydrogen-bond acceptors (Lipinski definition) is 3. The van der Waals surface area contributed by atoms with Crippen molar-refractivity contribution in [3.8, 4) is 5.06 Å². The molecular weight excluding hydrogens is 331 g/mol. The third kappa shape index (κ3) is 12.3. The van der Waals surface area contributed by atoms with Crippen LogP contribution >= 0.6 is 11.3 Å². The first kappa shape index (κ1) is 24.0. The third-order valence-corrected chi connectivity index (χ3v) is 5.02. The molecule has 0 atom stereocenters. The first-order valence-electron chi connectivity index (χ1n) is 9.20. The Balaban J connectivity index is 0.00000529. The molecule has 24 heavy (non-hydrogen) atoms. The summed E-state index contributed by atoms with van der Waals surface area (Å²) < 4.78 is 5.58. The Morgan fingerprint density at radius 3 is 1.88 bits per heavy atom. The van der Waals surface area contributed by atoms with Crippen molar-refractivity contribution in [2.45, 2.75) is 84.0 Å². The van der Waals surface area contributed by atoms with E-state index in [1.165, 1.54) is 82.0 Å². The molecule has 0 spiro atoms. The second-order valence-corrected chi connectivity index (χ2v) is 7.21. The Hall–Kier alpha value is -0.0300. The zero-order valence-electron chi connectivity index (χ0n) is 14.5. The first-order valence-corrected chi connectivity index (χ1v) is 10.0. The van der Waals surface area contributed by atoms with Crippen LogP contribution < -0.4 is 4.74 Å². The van der Waals surface area contributed by atoms with Crippen molar-refractivity contribution in [3.05, 3.63) is 17.0 Å². The molecule has 0 aromatic carbocycles. The summed E-state index contributed by atoms with van der Waals surface area (Å²) in [6, 6.07) is 3.35. The summed E-state index contributed by atoms with van der Waals surface area (Å²) in [5.74, 6) is -0.879. The van der Waals surface area contributed by atoms with E-state index in [4.69, 9.17) is 9.84 Å². The fraction of sp³-hybridized carbons (Fsp3) is 0.737. The molecule has 1 rings (SSSR count). The third-order valence-electron chi connectivity index (χ3n) is 4.03. The number of thiophene rings is 1. The van der Waals surface area contributed by atoms with Gasteiger partial charge in [-0.3, -0.25) is 0 Å². The van der Waals surface area contributed by atoms with Crippen LogP contribution in [0.3, 0.4) is 0 Å². The molecule has 0 amide bonds. The fourth-order valence-corrected chi connectivity index (χ4v) is 3.35. The maximum atomic E-state index is 10.8. The molecule has 0 radical (unpaired) electrons. The number of carboxylic acid groups (broad SMARTS) is 1. The van der Waals surface area contributed by atoms with Crippen LogP contribution in [0.5, 0.6) is 5.06 Å². The molecule has 0 aliphatic carbocycles. The molecule has 3 nitrogen and oxygen atoms in total. The van der Waals surface area contributed by atoms with E-state index < -0.39 is 5.97 Å². The second kappa shape index (κ2) is 16.4. The van der Waals surface area contributed by atoms with Crippen LogP contribution in [-0.2, 0) is 0 Å². The molecule has 0 fully saturated rings. The van der Waals surface area contributed by atoms with Gasteiger partial charge in [-0.15, -0.1) is 0 Å². The van der Waals surface area contributed by atoms with Crippen molar-refractivity contribution < 1.29 is 14.6 Å². The molecule has 0 aliphatic rings. The van der Waals surface area contributed by atoms with Crippen molar-refractivity contribution in [3.63, 3.8) is 0 Å². The molecule has 5 heteroatoms. The number of carbonyl (C=O) groups is 1. The standard InChI is InChI=1S/C19H32O3S.Na.H/c1-2-3-4-5-6-7-8-9-10-11-12-13-16-22-18-15-14-17(23-18)19(20)21;;/h14-15H,2-13,16H2,1H3,(H,20,21);;. The van der Waals surface area contributed by atoms with Gasteiger partial charge in [-0.1, -0.05) is 88.9 Å². The van der Waals surface area contributed by atoms with Crippen LogP contribution in [0.1, 0.15) is 93.6 Å². The number of carboxylic acids is 1. The number of unbranched alkanes of at least 4 members (excludes halogenated alkanes) is 11. The molecule has 0 bridgehead atoms. The average molecular weight is 365 g/mol. The van der Waals surface area contributed by atoms with Gasteiger partial charge >= 0.3 is 35.5 Å².